The maximum atomic E-state index is 14.4. The first-order valence-corrected chi connectivity index (χ1v) is 15.8. The molecule has 1 aromatic heterocycles. The second-order valence-electron chi connectivity index (χ2n) is 13.5. The molecule has 1 amide bonds. The number of carbonyl (C=O) groups excluding carboxylic acids is 3. The number of aromatic nitrogens is 1. The van der Waals surface area contributed by atoms with Gasteiger partial charge in [-0.3, -0.25) is 4.79 Å². The molecule has 2 saturated heterocycles. The summed E-state index contributed by atoms with van der Waals surface area (Å²) in [7, 11) is 0. The molecule has 7 rings (SSSR count). The zero-order valence-corrected chi connectivity index (χ0v) is 26.2. The van der Waals surface area contributed by atoms with E-state index in [0.717, 1.165) is 27.8 Å². The fraction of sp³-hybridized carbons (Fsp3) is 0.378. The summed E-state index contributed by atoms with van der Waals surface area (Å²) in [4.78, 5) is 45.6. The molecule has 4 atom stereocenters. The number of likely N-dealkylation sites (tertiary alicyclic amines) is 1. The number of benzene rings is 3. The molecule has 3 aromatic carbocycles. The van der Waals surface area contributed by atoms with Gasteiger partial charge in [-0.25, -0.2) is 14.0 Å². The minimum atomic E-state index is -1.43. The predicted molar refractivity (Wildman–Crippen MR) is 169 cm³/mol. The fourth-order valence-corrected chi connectivity index (χ4v) is 7.69. The van der Waals surface area contributed by atoms with Crippen LogP contribution in [-0.4, -0.2) is 52.7 Å². The van der Waals surface area contributed by atoms with E-state index in [2.05, 4.69) is 4.98 Å². The van der Waals surface area contributed by atoms with E-state index >= 15 is 0 Å². The molecule has 0 spiro atoms. The minimum Gasteiger partial charge on any atom is -0.457 e. The molecule has 0 radical (unpaired) electrons. The van der Waals surface area contributed by atoms with E-state index in [1.165, 1.54) is 12.1 Å². The Morgan fingerprint density at radius 3 is 2.39 bits per heavy atom. The first-order valence-electron chi connectivity index (χ1n) is 15.8. The Hall–Kier alpha value is -4.66. The van der Waals surface area contributed by atoms with Crippen LogP contribution in [0, 0.1) is 16.6 Å². The Labute approximate surface area is 266 Å². The Kier molecular flexibility index (Phi) is 7.18. The van der Waals surface area contributed by atoms with Crippen molar-refractivity contribution in [2.45, 2.75) is 64.3 Å². The molecule has 9 heteroatoms. The number of fused-ring (bicyclic) bond motifs is 3. The number of halogens is 1. The van der Waals surface area contributed by atoms with E-state index in [0.29, 0.717) is 31.3 Å². The first-order chi connectivity index (χ1) is 22.0. The fourth-order valence-electron chi connectivity index (χ4n) is 7.69. The molecular formula is C37H37FN2O6. The van der Waals surface area contributed by atoms with Crippen LogP contribution in [0.1, 0.15) is 57.1 Å². The van der Waals surface area contributed by atoms with Gasteiger partial charge in [-0.05, 0) is 61.1 Å². The van der Waals surface area contributed by atoms with Gasteiger partial charge in [0.05, 0.1) is 17.7 Å². The number of esters is 2. The highest BCUT2D eigenvalue weighted by atomic mass is 19.1. The molecule has 238 valence electrons. The Balaban J connectivity index is 1.25. The lowest BCUT2D eigenvalue weighted by atomic mass is 9.66. The molecule has 3 heterocycles. The monoisotopic (exact) mass is 624 g/mol. The molecule has 8 nitrogen and oxygen atoms in total. The van der Waals surface area contributed by atoms with Crippen LogP contribution >= 0.6 is 0 Å². The Morgan fingerprint density at radius 2 is 1.72 bits per heavy atom. The van der Waals surface area contributed by atoms with Crippen molar-refractivity contribution < 1.29 is 33.0 Å². The highest BCUT2D eigenvalue weighted by Crippen LogP contribution is 2.66. The number of carbonyl (C=O) groups is 3. The van der Waals surface area contributed by atoms with E-state index in [1.807, 2.05) is 81.4 Å². The van der Waals surface area contributed by atoms with Gasteiger partial charge < -0.3 is 24.1 Å². The van der Waals surface area contributed by atoms with Crippen molar-refractivity contribution in [1.82, 2.24) is 9.88 Å². The van der Waals surface area contributed by atoms with Crippen LogP contribution in [0.15, 0.2) is 78.9 Å². The van der Waals surface area contributed by atoms with Gasteiger partial charge in [-0.15, -0.1) is 0 Å². The van der Waals surface area contributed by atoms with Crippen LogP contribution in [0.2, 0.25) is 0 Å². The lowest BCUT2D eigenvalue weighted by Gasteiger charge is -2.41. The van der Waals surface area contributed by atoms with Gasteiger partial charge in [-0.1, -0.05) is 74.5 Å². The van der Waals surface area contributed by atoms with Crippen LogP contribution in [-0.2, 0) is 30.4 Å². The quantitative estimate of drug-likeness (QED) is 0.181. The maximum absolute atomic E-state index is 14.4. The summed E-state index contributed by atoms with van der Waals surface area (Å²) in [6.45, 7) is 6.18. The number of hydrogen-bond acceptors (Lipinski definition) is 6. The molecule has 4 aromatic rings. The number of ether oxygens (including phenoxy) is 3. The summed E-state index contributed by atoms with van der Waals surface area (Å²) in [6.07, 6.45) is 0.0334. The molecule has 1 saturated carbocycles. The van der Waals surface area contributed by atoms with Crippen LogP contribution in [0.4, 0.5) is 9.18 Å². The van der Waals surface area contributed by atoms with Crippen molar-refractivity contribution in [3.05, 3.63) is 95.8 Å². The maximum Gasteiger partial charge on any atom is 0.410 e. The molecule has 46 heavy (non-hydrogen) atoms. The normalized spacial score (nSPS) is 26.6. The minimum absolute atomic E-state index is 0.0772. The molecule has 1 aliphatic carbocycles. The van der Waals surface area contributed by atoms with Crippen LogP contribution in [0.5, 0.6) is 0 Å². The van der Waals surface area contributed by atoms with Crippen LogP contribution in [0.3, 0.4) is 0 Å². The van der Waals surface area contributed by atoms with Gasteiger partial charge >= 0.3 is 18.0 Å². The summed E-state index contributed by atoms with van der Waals surface area (Å²) in [5.41, 5.74) is 1.05. The van der Waals surface area contributed by atoms with Crippen LogP contribution < -0.4 is 0 Å². The van der Waals surface area contributed by atoms with Gasteiger partial charge in [0, 0.05) is 28.8 Å². The lowest BCUT2D eigenvalue weighted by molar-refractivity contribution is -0.189. The largest absolute Gasteiger partial charge is 0.457 e. The predicted octanol–water partition coefficient (Wildman–Crippen LogP) is 7.13. The highest BCUT2D eigenvalue weighted by molar-refractivity contribution is 5.94. The van der Waals surface area contributed by atoms with Crippen molar-refractivity contribution in [1.29, 1.82) is 0 Å². The van der Waals surface area contributed by atoms with Crippen molar-refractivity contribution in [2.24, 2.45) is 10.8 Å². The molecule has 3 fully saturated rings. The van der Waals surface area contributed by atoms with Gasteiger partial charge in [0.1, 0.15) is 18.5 Å². The zero-order valence-electron chi connectivity index (χ0n) is 26.2. The number of piperidine rings is 1. The smallest absolute Gasteiger partial charge is 0.410 e. The summed E-state index contributed by atoms with van der Waals surface area (Å²) in [5.74, 6) is -1.72. The average Bonchev–Trinajstić information content (AvgIpc) is 3.58. The SMILES string of the molecule is CC1(C)[C@@]2(C(=O)O[C@H]3CN(C(=O)OCc4ccccc4)CC[C@@H]3c3c(-c4ccccc4)[nH]c4cc(F)ccc34)CC[C@]1(C)C(=O)O2. The van der Waals surface area contributed by atoms with E-state index in [-0.39, 0.29) is 24.9 Å². The van der Waals surface area contributed by atoms with Gasteiger partial charge in [0.25, 0.3) is 0 Å². The first kappa shape index (κ1) is 30.0. The topological polar surface area (TPSA) is 97.9 Å². The van der Waals surface area contributed by atoms with E-state index in [9.17, 15) is 18.8 Å². The van der Waals surface area contributed by atoms with Gasteiger partial charge in [0.2, 0.25) is 5.60 Å². The van der Waals surface area contributed by atoms with E-state index < -0.39 is 40.6 Å². The highest BCUT2D eigenvalue weighted by Gasteiger charge is 2.76. The number of rotatable bonds is 6. The molecule has 2 aliphatic heterocycles. The van der Waals surface area contributed by atoms with Crippen molar-refractivity contribution in [3.63, 3.8) is 0 Å². The molecule has 3 aliphatic rings. The second-order valence-corrected chi connectivity index (χ2v) is 13.5. The molecule has 0 unspecified atom stereocenters. The number of nitrogens with zero attached hydrogens (tertiary/aromatic N) is 1. The number of nitrogens with one attached hydrogen (secondary N) is 1. The number of H-pyrrole nitrogens is 1. The third kappa shape index (κ3) is 4.58. The summed E-state index contributed by atoms with van der Waals surface area (Å²) in [6, 6.07) is 23.8. The third-order valence-electron chi connectivity index (χ3n) is 10.9. The molecule has 1 N–H and O–H groups in total. The Morgan fingerprint density at radius 1 is 1.00 bits per heavy atom. The average molecular weight is 625 g/mol. The number of hydrogen-bond donors (Lipinski definition) is 1. The number of amides is 1. The van der Waals surface area contributed by atoms with E-state index in [4.69, 9.17) is 14.2 Å². The standard InChI is InChI=1S/C37H37FN2O6/c1-35(2)36(3)17-18-37(35,46-32(36)41)33(42)45-29-21-40(34(43)44-22-23-10-6-4-7-11-23)19-16-27(29)30-26-15-14-25(38)20-28(26)39-31(30)24-12-8-5-9-13-24/h4-15,20,27,29,39H,16-19,21-22H2,1-3H3/t27-,29-,36+,37-/m0/s1. The summed E-state index contributed by atoms with van der Waals surface area (Å²) >= 11 is 0. The van der Waals surface area contributed by atoms with E-state index in [1.54, 1.807) is 11.0 Å². The zero-order chi connectivity index (χ0) is 32.3. The van der Waals surface area contributed by atoms with Crippen LogP contribution in [0.25, 0.3) is 22.2 Å². The Bertz CT molecular complexity index is 1820. The second kappa shape index (κ2) is 11.0. The van der Waals surface area contributed by atoms with Gasteiger partial charge in [-0.2, -0.15) is 0 Å². The van der Waals surface area contributed by atoms with Gasteiger partial charge in [0.15, 0.2) is 0 Å². The molecule has 2 bridgehead atoms. The lowest BCUT2D eigenvalue weighted by Crippen LogP contribution is -2.53. The molecular weight excluding hydrogens is 587 g/mol. The summed E-state index contributed by atoms with van der Waals surface area (Å²) < 4.78 is 32.4. The van der Waals surface area contributed by atoms with Crippen molar-refractivity contribution in [3.8, 4) is 11.3 Å². The van der Waals surface area contributed by atoms with Crippen molar-refractivity contribution >= 4 is 28.9 Å². The van der Waals surface area contributed by atoms with Crippen molar-refractivity contribution in [2.75, 3.05) is 13.1 Å². The summed E-state index contributed by atoms with van der Waals surface area (Å²) in [5, 5.41) is 0.811. The third-order valence-corrected chi connectivity index (χ3v) is 10.9. The number of aromatic amines is 1.